The van der Waals surface area contributed by atoms with Crippen LogP contribution in [-0.4, -0.2) is 28.5 Å². The van der Waals surface area contributed by atoms with Gasteiger partial charge in [-0.05, 0) is 37.5 Å². The van der Waals surface area contributed by atoms with Crippen LogP contribution in [0.15, 0.2) is 34.7 Å². The maximum atomic E-state index is 13.6. The van der Waals surface area contributed by atoms with E-state index in [4.69, 9.17) is 4.42 Å². The normalized spacial score (nSPS) is 14.6. The van der Waals surface area contributed by atoms with Gasteiger partial charge in [-0.15, -0.1) is 0 Å². The van der Waals surface area contributed by atoms with Crippen LogP contribution < -0.4 is 0 Å². The van der Waals surface area contributed by atoms with Gasteiger partial charge in [0.15, 0.2) is 17.2 Å². The molecule has 3 aromatic rings. The summed E-state index contributed by atoms with van der Waals surface area (Å²) in [7, 11) is 0. The minimum Gasteiger partial charge on any atom is -0.460 e. The van der Waals surface area contributed by atoms with E-state index >= 15 is 0 Å². The number of aromatic nitrogens is 1. The Morgan fingerprint density at radius 2 is 1.88 bits per heavy atom. The number of carbonyl (C=O) groups excluding carboxylic acids is 1. The largest absolute Gasteiger partial charge is 0.460 e. The van der Waals surface area contributed by atoms with Gasteiger partial charge in [0.05, 0.1) is 5.52 Å². The molecule has 1 amide bonds. The Hall–Kier alpha value is -2.63. The molecule has 4 rings (SSSR count). The summed E-state index contributed by atoms with van der Waals surface area (Å²) in [5.74, 6) is -1.08. The van der Waals surface area contributed by atoms with Crippen LogP contribution in [0, 0.1) is 18.6 Å². The summed E-state index contributed by atoms with van der Waals surface area (Å²) in [5.41, 5.74) is 2.51. The zero-order valence-corrected chi connectivity index (χ0v) is 13.9. The molecule has 2 aromatic heterocycles. The summed E-state index contributed by atoms with van der Waals surface area (Å²) in [5, 5.41) is 0. The number of aryl methyl sites for hydroxylation is 1. The Balaban J connectivity index is 1.77. The summed E-state index contributed by atoms with van der Waals surface area (Å²) < 4.78 is 34.2. The average molecular weight is 344 g/mol. The lowest BCUT2D eigenvalue weighted by Crippen LogP contribution is -2.29. The summed E-state index contributed by atoms with van der Waals surface area (Å²) in [6.07, 6.45) is 2.01. The molecule has 1 aromatic carbocycles. The van der Waals surface area contributed by atoms with E-state index in [-0.39, 0.29) is 12.5 Å². The molecule has 1 saturated heterocycles. The predicted molar refractivity (Wildman–Crippen MR) is 89.5 cm³/mol. The number of halogens is 2. The minimum absolute atomic E-state index is 0.0517. The summed E-state index contributed by atoms with van der Waals surface area (Å²) in [4.78, 5) is 14.7. The summed E-state index contributed by atoms with van der Waals surface area (Å²) in [6, 6.07) is 7.40. The minimum atomic E-state index is -0.892. The first kappa shape index (κ1) is 15.9. The second kappa shape index (κ2) is 6.02. The van der Waals surface area contributed by atoms with Gasteiger partial charge in [-0.1, -0.05) is 6.07 Å². The molecule has 3 heterocycles. The number of amides is 1. The monoisotopic (exact) mass is 344 g/mol. The Kier molecular flexibility index (Phi) is 3.82. The van der Waals surface area contributed by atoms with Gasteiger partial charge in [0.1, 0.15) is 11.5 Å². The first-order chi connectivity index (χ1) is 12.0. The molecule has 0 aliphatic carbocycles. The lowest BCUT2D eigenvalue weighted by atomic mass is 10.2. The first-order valence-corrected chi connectivity index (χ1v) is 8.36. The van der Waals surface area contributed by atoms with Crippen LogP contribution >= 0.6 is 0 Å². The topological polar surface area (TPSA) is 38.4 Å². The van der Waals surface area contributed by atoms with Gasteiger partial charge in [0.25, 0.3) is 5.91 Å². The van der Waals surface area contributed by atoms with Crippen molar-refractivity contribution in [1.82, 2.24) is 9.47 Å². The zero-order valence-electron chi connectivity index (χ0n) is 13.9. The lowest BCUT2D eigenvalue weighted by molar-refractivity contribution is 0.0783. The SMILES string of the molecule is Cc1cc2c(cc(C(=O)N3CCCC3)n2Cc2ccc(F)c(F)c2)o1. The highest BCUT2D eigenvalue weighted by atomic mass is 19.2. The van der Waals surface area contributed by atoms with Crippen molar-refractivity contribution in [3.8, 4) is 0 Å². The highest BCUT2D eigenvalue weighted by Crippen LogP contribution is 2.27. The third kappa shape index (κ3) is 2.81. The molecule has 1 fully saturated rings. The van der Waals surface area contributed by atoms with Gasteiger partial charge in [-0.25, -0.2) is 8.78 Å². The number of furan rings is 1. The van der Waals surface area contributed by atoms with Crippen molar-refractivity contribution >= 4 is 17.0 Å². The van der Waals surface area contributed by atoms with Gasteiger partial charge in [-0.3, -0.25) is 4.79 Å². The van der Waals surface area contributed by atoms with Crippen LogP contribution in [0.2, 0.25) is 0 Å². The fraction of sp³-hybridized carbons (Fsp3) is 0.316. The second-order valence-electron chi connectivity index (χ2n) is 6.47. The molecule has 130 valence electrons. The average Bonchev–Trinajstić information content (AvgIpc) is 3.28. The van der Waals surface area contributed by atoms with E-state index in [1.807, 2.05) is 22.5 Å². The third-order valence-electron chi connectivity index (χ3n) is 4.65. The Labute approximate surface area is 143 Å². The molecule has 4 nitrogen and oxygen atoms in total. The van der Waals surface area contributed by atoms with Gasteiger partial charge in [0, 0.05) is 31.8 Å². The molecule has 0 N–H and O–H groups in total. The van der Waals surface area contributed by atoms with Crippen LogP contribution in [0.1, 0.15) is 34.7 Å². The van der Waals surface area contributed by atoms with Gasteiger partial charge >= 0.3 is 0 Å². The van der Waals surface area contributed by atoms with E-state index in [1.54, 1.807) is 6.07 Å². The molecule has 0 saturated carbocycles. The second-order valence-corrected chi connectivity index (χ2v) is 6.47. The standard InChI is InChI=1S/C19H18F2N2O2/c1-12-8-16-18(25-12)10-17(19(24)22-6-2-3-7-22)23(16)11-13-4-5-14(20)15(21)9-13/h4-5,8-10H,2-3,6-7,11H2,1H3. The molecular formula is C19H18F2N2O2. The fourth-order valence-electron chi connectivity index (χ4n) is 3.42. The molecule has 0 spiro atoms. The molecule has 0 atom stereocenters. The van der Waals surface area contributed by atoms with Crippen molar-refractivity contribution in [3.63, 3.8) is 0 Å². The summed E-state index contributed by atoms with van der Waals surface area (Å²) in [6.45, 7) is 3.60. The van der Waals surface area contributed by atoms with Crippen LogP contribution in [0.25, 0.3) is 11.1 Å². The van der Waals surface area contributed by atoms with Crippen LogP contribution in [0.4, 0.5) is 8.78 Å². The van der Waals surface area contributed by atoms with Crippen LogP contribution in [0.5, 0.6) is 0 Å². The number of hydrogen-bond acceptors (Lipinski definition) is 2. The molecule has 0 bridgehead atoms. The highest BCUT2D eigenvalue weighted by molar-refractivity contribution is 5.97. The Bertz CT molecular complexity index is 952. The Morgan fingerprint density at radius 1 is 1.12 bits per heavy atom. The van der Waals surface area contributed by atoms with Crippen LogP contribution in [0.3, 0.4) is 0 Å². The molecule has 1 aliphatic rings. The molecule has 6 heteroatoms. The van der Waals surface area contributed by atoms with Gasteiger partial charge < -0.3 is 13.9 Å². The molecule has 0 radical (unpaired) electrons. The zero-order chi connectivity index (χ0) is 17.6. The first-order valence-electron chi connectivity index (χ1n) is 8.36. The smallest absolute Gasteiger partial charge is 0.270 e. The quantitative estimate of drug-likeness (QED) is 0.717. The van der Waals surface area contributed by atoms with Crippen molar-refractivity contribution in [2.75, 3.05) is 13.1 Å². The number of benzene rings is 1. The molecular weight excluding hydrogens is 326 g/mol. The predicted octanol–water partition coefficient (Wildman–Crippen LogP) is 4.11. The maximum Gasteiger partial charge on any atom is 0.270 e. The van der Waals surface area contributed by atoms with Crippen molar-refractivity contribution < 1.29 is 18.0 Å². The van der Waals surface area contributed by atoms with E-state index in [0.717, 1.165) is 49.3 Å². The van der Waals surface area contributed by atoms with E-state index in [9.17, 15) is 13.6 Å². The molecule has 1 aliphatic heterocycles. The number of hydrogen-bond donors (Lipinski definition) is 0. The van der Waals surface area contributed by atoms with E-state index in [0.29, 0.717) is 16.8 Å². The van der Waals surface area contributed by atoms with Crippen molar-refractivity contribution in [3.05, 3.63) is 59.0 Å². The molecule has 0 unspecified atom stereocenters. The fourth-order valence-corrected chi connectivity index (χ4v) is 3.42. The number of nitrogens with zero attached hydrogens (tertiary/aromatic N) is 2. The number of carbonyl (C=O) groups is 1. The van der Waals surface area contributed by atoms with Gasteiger partial charge in [-0.2, -0.15) is 0 Å². The number of likely N-dealkylation sites (tertiary alicyclic amines) is 1. The Morgan fingerprint density at radius 3 is 2.60 bits per heavy atom. The van der Waals surface area contributed by atoms with Crippen molar-refractivity contribution in [2.45, 2.75) is 26.3 Å². The lowest BCUT2D eigenvalue weighted by Gasteiger charge is -2.17. The van der Waals surface area contributed by atoms with E-state index in [1.165, 1.54) is 6.07 Å². The maximum absolute atomic E-state index is 13.6. The highest BCUT2D eigenvalue weighted by Gasteiger charge is 2.25. The van der Waals surface area contributed by atoms with E-state index in [2.05, 4.69) is 0 Å². The van der Waals surface area contributed by atoms with Crippen molar-refractivity contribution in [2.24, 2.45) is 0 Å². The third-order valence-corrected chi connectivity index (χ3v) is 4.65. The van der Waals surface area contributed by atoms with Gasteiger partial charge in [0.2, 0.25) is 0 Å². The van der Waals surface area contributed by atoms with Crippen LogP contribution in [-0.2, 0) is 6.54 Å². The summed E-state index contributed by atoms with van der Waals surface area (Å²) >= 11 is 0. The van der Waals surface area contributed by atoms with E-state index < -0.39 is 11.6 Å². The van der Waals surface area contributed by atoms with Crippen molar-refractivity contribution in [1.29, 1.82) is 0 Å². The molecule has 25 heavy (non-hydrogen) atoms. The number of fused-ring (bicyclic) bond motifs is 1. The number of rotatable bonds is 3.